The van der Waals surface area contributed by atoms with Gasteiger partial charge in [-0.05, 0) is 41.8 Å². The molecular weight excluding hydrogens is 380 g/mol. The van der Waals surface area contributed by atoms with Crippen LogP contribution in [0.15, 0.2) is 40.9 Å². The van der Waals surface area contributed by atoms with Crippen molar-refractivity contribution < 1.29 is 14.6 Å². The normalized spacial score (nSPS) is 15.4. The van der Waals surface area contributed by atoms with Crippen molar-refractivity contribution in [1.82, 2.24) is 10.1 Å². The van der Waals surface area contributed by atoms with Gasteiger partial charge >= 0.3 is 6.17 Å². The second-order valence-corrected chi connectivity index (χ2v) is 8.35. The standard InChI is InChI=1S/C19H18N4O2S2/c1-4-26-19-20-17(25)15-13-7-5-6-8-14(13)22(12(3)24)18(23(15)21-19)16-11(2)9-10-27-16/h5-10,18H,4H2,1-3H3. The quantitative estimate of drug-likeness (QED) is 0.501. The Morgan fingerprint density at radius 3 is 2.81 bits per heavy atom. The Kier molecular flexibility index (Phi) is 4.61. The molecule has 1 amide bonds. The Balaban J connectivity index is 2.07. The molecule has 0 saturated heterocycles. The number of thioether (sulfide) groups is 1. The summed E-state index contributed by atoms with van der Waals surface area (Å²) in [5.74, 6) is 0.332. The fraction of sp³-hybridized carbons (Fsp3) is 0.263. The molecule has 8 heteroatoms. The first kappa shape index (κ1) is 17.9. The van der Waals surface area contributed by atoms with Gasteiger partial charge in [-0.15, -0.1) is 11.3 Å². The molecule has 138 valence electrons. The lowest BCUT2D eigenvalue weighted by Gasteiger charge is -2.32. The van der Waals surface area contributed by atoms with Crippen LogP contribution < -0.4 is 14.7 Å². The Morgan fingerprint density at radius 1 is 1.37 bits per heavy atom. The molecule has 1 unspecified atom stereocenters. The Hall–Kier alpha value is -2.45. The summed E-state index contributed by atoms with van der Waals surface area (Å²) in [6.45, 7) is 5.53. The van der Waals surface area contributed by atoms with Crippen LogP contribution in [0.2, 0.25) is 0 Å². The van der Waals surface area contributed by atoms with E-state index >= 15 is 0 Å². The summed E-state index contributed by atoms with van der Waals surface area (Å²) >= 11 is 2.97. The Bertz CT molecular complexity index is 1030. The van der Waals surface area contributed by atoms with Crippen molar-refractivity contribution in [3.8, 4) is 17.1 Å². The lowest BCUT2D eigenvalue weighted by atomic mass is 10.0. The zero-order valence-corrected chi connectivity index (χ0v) is 16.8. The number of thiophene rings is 1. The van der Waals surface area contributed by atoms with Crippen molar-refractivity contribution in [2.75, 3.05) is 10.7 Å². The maximum Gasteiger partial charge on any atom is 0.302 e. The van der Waals surface area contributed by atoms with Crippen molar-refractivity contribution in [2.45, 2.75) is 32.1 Å². The molecule has 0 bridgehead atoms. The maximum atomic E-state index is 12.9. The fourth-order valence-electron chi connectivity index (χ4n) is 3.35. The molecule has 0 aliphatic carbocycles. The number of aromatic nitrogens is 3. The van der Waals surface area contributed by atoms with E-state index in [2.05, 4.69) is 10.1 Å². The number of carbonyl (C=O) groups excluding carboxylic acids is 1. The van der Waals surface area contributed by atoms with E-state index < -0.39 is 6.17 Å². The third-order valence-corrected chi connectivity index (χ3v) is 6.24. The summed E-state index contributed by atoms with van der Waals surface area (Å²) < 4.78 is 1.68. The number of anilines is 1. The minimum atomic E-state index is -0.501. The van der Waals surface area contributed by atoms with Crippen LogP contribution >= 0.6 is 23.1 Å². The highest BCUT2D eigenvalue weighted by Crippen LogP contribution is 2.42. The van der Waals surface area contributed by atoms with Crippen molar-refractivity contribution >= 4 is 34.7 Å². The van der Waals surface area contributed by atoms with Crippen LogP contribution in [0.25, 0.3) is 11.3 Å². The van der Waals surface area contributed by atoms with Gasteiger partial charge in [-0.2, -0.15) is 0 Å². The lowest BCUT2D eigenvalue weighted by molar-refractivity contribution is -0.763. The predicted molar refractivity (Wildman–Crippen MR) is 104 cm³/mol. The molecule has 3 aromatic rings. The second-order valence-electron chi connectivity index (χ2n) is 6.17. The molecule has 0 N–H and O–H groups in total. The van der Waals surface area contributed by atoms with Gasteiger partial charge in [-0.25, -0.2) is 9.88 Å². The number of amides is 1. The number of rotatable bonds is 3. The fourth-order valence-corrected chi connectivity index (χ4v) is 4.90. The Morgan fingerprint density at radius 2 is 2.15 bits per heavy atom. The number of hydrogen-bond acceptors (Lipinski definition) is 6. The molecule has 6 nitrogen and oxygen atoms in total. The predicted octanol–water partition coefficient (Wildman–Crippen LogP) is 2.90. The molecule has 0 radical (unpaired) electrons. The summed E-state index contributed by atoms with van der Waals surface area (Å²) in [6.07, 6.45) is -0.501. The van der Waals surface area contributed by atoms with Crippen LogP contribution in [0.4, 0.5) is 5.69 Å². The van der Waals surface area contributed by atoms with E-state index in [4.69, 9.17) is 0 Å². The van der Waals surface area contributed by atoms with Gasteiger partial charge in [0.2, 0.25) is 5.91 Å². The van der Waals surface area contributed by atoms with Gasteiger partial charge in [-0.1, -0.05) is 35.5 Å². The van der Waals surface area contributed by atoms with Gasteiger partial charge in [0.1, 0.15) is 4.88 Å². The molecule has 0 spiro atoms. The molecule has 2 aromatic heterocycles. The highest BCUT2D eigenvalue weighted by molar-refractivity contribution is 7.99. The van der Waals surface area contributed by atoms with E-state index in [1.54, 1.807) is 27.8 Å². The van der Waals surface area contributed by atoms with Crippen LogP contribution in [0.3, 0.4) is 0 Å². The summed E-state index contributed by atoms with van der Waals surface area (Å²) in [6, 6.07) is 9.44. The minimum Gasteiger partial charge on any atom is -0.854 e. The number of fused-ring (bicyclic) bond motifs is 3. The first-order valence-electron chi connectivity index (χ1n) is 8.59. The van der Waals surface area contributed by atoms with Crippen LogP contribution in [-0.2, 0) is 4.79 Å². The number of nitrogens with zero attached hydrogens (tertiary/aromatic N) is 4. The highest BCUT2D eigenvalue weighted by Gasteiger charge is 2.44. The van der Waals surface area contributed by atoms with E-state index in [-0.39, 0.29) is 11.8 Å². The van der Waals surface area contributed by atoms with Gasteiger partial charge in [0.15, 0.2) is 0 Å². The van der Waals surface area contributed by atoms with Gasteiger partial charge in [-0.3, -0.25) is 4.79 Å². The van der Waals surface area contributed by atoms with Crippen molar-refractivity contribution in [3.05, 3.63) is 46.2 Å². The van der Waals surface area contributed by atoms with Crippen LogP contribution in [0, 0.1) is 6.92 Å². The lowest BCUT2D eigenvalue weighted by Crippen LogP contribution is -2.58. The smallest absolute Gasteiger partial charge is 0.302 e. The number of aryl methyl sites for hydroxylation is 1. The first-order chi connectivity index (χ1) is 13.0. The molecule has 4 rings (SSSR count). The van der Waals surface area contributed by atoms with E-state index in [0.29, 0.717) is 22.1 Å². The molecule has 3 heterocycles. The zero-order chi connectivity index (χ0) is 19.1. The van der Waals surface area contributed by atoms with E-state index in [9.17, 15) is 9.90 Å². The third-order valence-electron chi connectivity index (χ3n) is 4.47. The second kappa shape index (κ2) is 6.94. The molecule has 1 aliphatic heterocycles. The van der Waals surface area contributed by atoms with Crippen molar-refractivity contribution in [1.29, 1.82) is 0 Å². The van der Waals surface area contributed by atoms with Crippen molar-refractivity contribution in [3.63, 3.8) is 0 Å². The number of para-hydroxylation sites is 1. The molecule has 27 heavy (non-hydrogen) atoms. The number of hydrogen-bond donors (Lipinski definition) is 0. The van der Waals surface area contributed by atoms with Crippen LogP contribution in [0.1, 0.15) is 30.5 Å². The largest absolute Gasteiger partial charge is 0.854 e. The summed E-state index contributed by atoms with van der Waals surface area (Å²) in [4.78, 5) is 19.5. The Labute approximate surface area is 165 Å². The molecule has 1 aromatic carbocycles. The highest BCUT2D eigenvalue weighted by atomic mass is 32.2. The number of carbonyl (C=O) groups is 1. The summed E-state index contributed by atoms with van der Waals surface area (Å²) in [5.41, 5.74) is 2.86. The molecule has 1 aliphatic rings. The topological polar surface area (TPSA) is 73.0 Å². The maximum absolute atomic E-state index is 12.9. The minimum absolute atomic E-state index is 0.103. The average molecular weight is 399 g/mol. The third kappa shape index (κ3) is 2.89. The zero-order valence-electron chi connectivity index (χ0n) is 15.2. The van der Waals surface area contributed by atoms with E-state index in [0.717, 1.165) is 16.2 Å². The summed E-state index contributed by atoms with van der Waals surface area (Å²) in [5, 5.41) is 20.0. The van der Waals surface area contributed by atoms with Gasteiger partial charge in [0.25, 0.3) is 10.9 Å². The van der Waals surface area contributed by atoms with E-state index in [1.165, 1.54) is 11.8 Å². The van der Waals surface area contributed by atoms with Gasteiger partial charge < -0.3 is 5.11 Å². The van der Waals surface area contributed by atoms with Crippen LogP contribution in [0.5, 0.6) is 5.88 Å². The van der Waals surface area contributed by atoms with Gasteiger partial charge in [0.05, 0.1) is 17.1 Å². The molecule has 1 atom stereocenters. The monoisotopic (exact) mass is 398 g/mol. The van der Waals surface area contributed by atoms with Gasteiger partial charge in [0, 0.05) is 12.0 Å². The van der Waals surface area contributed by atoms with Crippen LogP contribution in [-0.4, -0.2) is 21.7 Å². The number of benzene rings is 1. The van der Waals surface area contributed by atoms with E-state index in [1.807, 2.05) is 49.6 Å². The van der Waals surface area contributed by atoms with Crippen molar-refractivity contribution in [2.24, 2.45) is 0 Å². The first-order valence-corrected chi connectivity index (χ1v) is 10.5. The SMILES string of the molecule is CCSc1nc([O-])c2[n+](n1)C(c1sccc1C)N(C(C)=O)c1ccccc1-2. The molecule has 0 saturated carbocycles. The molecular formula is C19H18N4O2S2. The molecule has 0 fully saturated rings. The average Bonchev–Trinajstić information content (AvgIpc) is 3.05. The summed E-state index contributed by atoms with van der Waals surface area (Å²) in [7, 11) is 0.